The summed E-state index contributed by atoms with van der Waals surface area (Å²) in [6.45, 7) is 3.36. The van der Waals surface area contributed by atoms with Gasteiger partial charge in [-0.3, -0.25) is 0 Å². The molecule has 0 radical (unpaired) electrons. The largest absolute Gasteiger partial charge is 0.368 e. The van der Waals surface area contributed by atoms with Gasteiger partial charge in [0.15, 0.2) is 0 Å². The van der Waals surface area contributed by atoms with E-state index >= 15 is 0 Å². The number of piperidine rings is 2. The summed E-state index contributed by atoms with van der Waals surface area (Å²) < 4.78 is 0.935. The Morgan fingerprint density at radius 2 is 2.21 bits per heavy atom. The van der Waals surface area contributed by atoms with Gasteiger partial charge < -0.3 is 15.5 Å². The second-order valence-electron chi connectivity index (χ2n) is 5.58. The Hall–Kier alpha value is -0.880. The van der Waals surface area contributed by atoms with Crippen molar-refractivity contribution in [2.45, 2.75) is 25.3 Å². The molecule has 2 aliphatic heterocycles. The molecule has 2 saturated heterocycles. The number of halogens is 1. The Balaban J connectivity index is 1.79. The van der Waals surface area contributed by atoms with E-state index in [0.717, 1.165) is 35.3 Å². The zero-order valence-corrected chi connectivity index (χ0v) is 12.8. The summed E-state index contributed by atoms with van der Waals surface area (Å²) in [5, 5.41) is 0. The molecule has 3 rings (SSSR count). The number of nitrogens with zero attached hydrogens (tertiary/aromatic N) is 4. The van der Waals surface area contributed by atoms with Crippen molar-refractivity contribution in [2.24, 2.45) is 5.92 Å². The second kappa shape index (κ2) is 5.25. The van der Waals surface area contributed by atoms with Gasteiger partial charge in [-0.2, -0.15) is 4.98 Å². The number of fused-ring (bicyclic) bond motifs is 1. The number of hydrogen-bond acceptors (Lipinski definition) is 5. The van der Waals surface area contributed by atoms with E-state index in [0.29, 0.717) is 5.95 Å². The third-order valence-electron chi connectivity index (χ3n) is 4.39. The number of aromatic nitrogens is 2. The molecule has 2 fully saturated rings. The summed E-state index contributed by atoms with van der Waals surface area (Å²) in [7, 11) is 2.26. The molecule has 2 atom stereocenters. The van der Waals surface area contributed by atoms with E-state index in [-0.39, 0.29) is 0 Å². The van der Waals surface area contributed by atoms with Crippen molar-refractivity contribution in [1.29, 1.82) is 0 Å². The van der Waals surface area contributed by atoms with Gasteiger partial charge in [0.05, 0.1) is 4.47 Å². The minimum absolute atomic E-state index is 0.348. The third-order valence-corrected chi connectivity index (χ3v) is 4.95. The van der Waals surface area contributed by atoms with Gasteiger partial charge in [-0.15, -0.1) is 0 Å². The number of nitrogen functional groups attached to an aromatic ring is 1. The van der Waals surface area contributed by atoms with Crippen LogP contribution in [0.1, 0.15) is 19.3 Å². The highest BCUT2D eigenvalue weighted by Gasteiger charge is 2.35. The molecule has 19 heavy (non-hydrogen) atoms. The van der Waals surface area contributed by atoms with Crippen molar-refractivity contribution in [3.8, 4) is 0 Å². The molecule has 0 aromatic carbocycles. The first-order chi connectivity index (χ1) is 9.15. The van der Waals surface area contributed by atoms with Crippen LogP contribution >= 0.6 is 15.9 Å². The maximum atomic E-state index is 5.71. The fourth-order valence-electron chi connectivity index (χ4n) is 3.44. The van der Waals surface area contributed by atoms with Crippen LogP contribution in [0, 0.1) is 5.92 Å². The van der Waals surface area contributed by atoms with Crippen LogP contribution in [0.5, 0.6) is 0 Å². The Morgan fingerprint density at radius 3 is 3.05 bits per heavy atom. The van der Waals surface area contributed by atoms with Crippen molar-refractivity contribution < 1.29 is 0 Å². The van der Waals surface area contributed by atoms with E-state index in [4.69, 9.17) is 5.73 Å². The minimum atomic E-state index is 0.348. The van der Waals surface area contributed by atoms with Crippen LogP contribution in [0.15, 0.2) is 10.7 Å². The lowest BCUT2D eigenvalue weighted by Crippen LogP contribution is -2.53. The Bertz CT molecular complexity index is 466. The van der Waals surface area contributed by atoms with Gasteiger partial charge in [-0.05, 0) is 54.7 Å². The first-order valence-electron chi connectivity index (χ1n) is 6.88. The normalized spacial score (nSPS) is 28.2. The lowest BCUT2D eigenvalue weighted by Gasteiger charge is -2.46. The Kier molecular flexibility index (Phi) is 3.62. The number of rotatable bonds is 1. The smallest absolute Gasteiger partial charge is 0.222 e. The highest BCUT2D eigenvalue weighted by molar-refractivity contribution is 9.10. The lowest BCUT2D eigenvalue weighted by molar-refractivity contribution is 0.102. The monoisotopic (exact) mass is 325 g/mol. The first-order valence-corrected chi connectivity index (χ1v) is 7.67. The van der Waals surface area contributed by atoms with E-state index in [9.17, 15) is 0 Å². The molecule has 2 aliphatic rings. The summed E-state index contributed by atoms with van der Waals surface area (Å²) in [6, 6.07) is 0.739. The van der Waals surface area contributed by atoms with Crippen LogP contribution in [-0.4, -0.2) is 47.6 Å². The topological polar surface area (TPSA) is 58.3 Å². The summed E-state index contributed by atoms with van der Waals surface area (Å²) >= 11 is 3.53. The Morgan fingerprint density at radius 1 is 1.37 bits per heavy atom. The summed E-state index contributed by atoms with van der Waals surface area (Å²) in [5.74, 6) is 2.04. The molecule has 2 unspecified atom stereocenters. The van der Waals surface area contributed by atoms with Crippen LogP contribution in [0.4, 0.5) is 11.8 Å². The van der Waals surface area contributed by atoms with E-state index in [2.05, 4.69) is 42.7 Å². The lowest BCUT2D eigenvalue weighted by atomic mass is 9.84. The highest BCUT2D eigenvalue weighted by Crippen LogP contribution is 2.33. The molecular formula is C13H20BrN5. The third kappa shape index (κ3) is 2.56. The van der Waals surface area contributed by atoms with Gasteiger partial charge in [0, 0.05) is 25.3 Å². The van der Waals surface area contributed by atoms with Gasteiger partial charge in [-0.25, -0.2) is 4.98 Å². The molecule has 0 amide bonds. The molecule has 104 valence electrons. The highest BCUT2D eigenvalue weighted by atomic mass is 79.9. The number of likely N-dealkylation sites (tertiary alicyclic amines) is 1. The Labute approximate surface area is 122 Å². The maximum absolute atomic E-state index is 5.71. The van der Waals surface area contributed by atoms with Gasteiger partial charge >= 0.3 is 0 Å². The van der Waals surface area contributed by atoms with Crippen LogP contribution in [0.25, 0.3) is 0 Å². The molecule has 0 saturated carbocycles. The molecule has 0 bridgehead atoms. The molecule has 6 heteroatoms. The molecule has 0 spiro atoms. The van der Waals surface area contributed by atoms with E-state index in [1.165, 1.54) is 25.8 Å². The fourth-order valence-corrected chi connectivity index (χ4v) is 3.88. The zero-order valence-electron chi connectivity index (χ0n) is 11.2. The predicted octanol–water partition coefficient (Wildman–Crippen LogP) is 1.74. The van der Waals surface area contributed by atoms with Crippen molar-refractivity contribution in [2.75, 3.05) is 37.3 Å². The number of anilines is 2. The van der Waals surface area contributed by atoms with Crippen LogP contribution in [-0.2, 0) is 0 Å². The number of nitrogens with two attached hydrogens (primary N) is 1. The standard InChI is InChI=1S/C13H20BrN5/c1-18-5-2-3-9-8-19(6-4-11(9)18)12-10(14)7-16-13(15)17-12/h7,9,11H,2-6,8H2,1H3,(H2,15,16,17). The van der Waals surface area contributed by atoms with Gasteiger partial charge in [0.1, 0.15) is 5.82 Å². The van der Waals surface area contributed by atoms with Crippen LogP contribution in [0.2, 0.25) is 0 Å². The van der Waals surface area contributed by atoms with Gasteiger partial charge in [0.2, 0.25) is 5.95 Å². The molecule has 5 nitrogen and oxygen atoms in total. The molecule has 1 aromatic rings. The fraction of sp³-hybridized carbons (Fsp3) is 0.692. The van der Waals surface area contributed by atoms with Crippen molar-refractivity contribution in [3.05, 3.63) is 10.7 Å². The van der Waals surface area contributed by atoms with E-state index in [1.807, 2.05) is 0 Å². The van der Waals surface area contributed by atoms with E-state index < -0.39 is 0 Å². The van der Waals surface area contributed by atoms with Crippen molar-refractivity contribution in [1.82, 2.24) is 14.9 Å². The van der Waals surface area contributed by atoms with E-state index in [1.54, 1.807) is 6.20 Å². The first kappa shape index (κ1) is 13.1. The summed E-state index contributed by atoms with van der Waals surface area (Å²) in [4.78, 5) is 13.3. The summed E-state index contributed by atoms with van der Waals surface area (Å²) in [5.41, 5.74) is 5.71. The average Bonchev–Trinajstić information content (AvgIpc) is 2.41. The second-order valence-corrected chi connectivity index (χ2v) is 6.44. The quantitative estimate of drug-likeness (QED) is 0.852. The zero-order chi connectivity index (χ0) is 13.4. The molecule has 2 N–H and O–H groups in total. The SMILES string of the molecule is CN1CCCC2CN(c3nc(N)ncc3Br)CCC21. The molecule has 1 aromatic heterocycles. The van der Waals surface area contributed by atoms with Gasteiger partial charge in [0.25, 0.3) is 0 Å². The minimum Gasteiger partial charge on any atom is -0.368 e. The van der Waals surface area contributed by atoms with Crippen LogP contribution < -0.4 is 10.6 Å². The molecular weight excluding hydrogens is 306 g/mol. The van der Waals surface area contributed by atoms with Gasteiger partial charge in [-0.1, -0.05) is 0 Å². The van der Waals surface area contributed by atoms with Crippen molar-refractivity contribution >= 4 is 27.7 Å². The molecule has 3 heterocycles. The van der Waals surface area contributed by atoms with Crippen LogP contribution in [0.3, 0.4) is 0 Å². The predicted molar refractivity (Wildman–Crippen MR) is 80.1 cm³/mol. The summed E-state index contributed by atoms with van der Waals surface area (Å²) in [6.07, 6.45) is 5.58. The average molecular weight is 326 g/mol. The van der Waals surface area contributed by atoms with Crippen molar-refractivity contribution in [3.63, 3.8) is 0 Å². The maximum Gasteiger partial charge on any atom is 0.222 e. The molecule has 0 aliphatic carbocycles. The number of hydrogen-bond donors (Lipinski definition) is 1.